The van der Waals surface area contributed by atoms with E-state index >= 15 is 0 Å². The van der Waals surface area contributed by atoms with Crippen LogP contribution in [0.3, 0.4) is 0 Å². The highest BCUT2D eigenvalue weighted by molar-refractivity contribution is 6.01. The average molecular weight is 308 g/mol. The molecule has 0 saturated carbocycles. The smallest absolute Gasteiger partial charge is 0.230 e. The number of amides is 2. The predicted octanol–water partition coefficient (Wildman–Crippen LogP) is 1.87. The minimum Gasteiger partial charge on any atom is -0.389 e. The van der Waals surface area contributed by atoms with Crippen molar-refractivity contribution in [3.8, 4) is 0 Å². The normalized spacial score (nSPS) is 17.7. The SMILES string of the molecule is CCN(CC(C)(C)O)C(=O)C1CC(=O)Nc2cc(F)ccc21. The molecule has 1 unspecified atom stereocenters. The molecule has 22 heavy (non-hydrogen) atoms. The molecule has 1 aliphatic heterocycles. The van der Waals surface area contributed by atoms with Crippen molar-refractivity contribution in [1.29, 1.82) is 0 Å². The van der Waals surface area contributed by atoms with Gasteiger partial charge in [-0.05, 0) is 38.5 Å². The van der Waals surface area contributed by atoms with Crippen LogP contribution < -0.4 is 5.32 Å². The third kappa shape index (κ3) is 3.62. The number of anilines is 1. The summed E-state index contributed by atoms with van der Waals surface area (Å²) in [6.45, 7) is 5.67. The van der Waals surface area contributed by atoms with Crippen LogP contribution in [0.25, 0.3) is 0 Å². The van der Waals surface area contributed by atoms with E-state index in [1.54, 1.807) is 13.8 Å². The van der Waals surface area contributed by atoms with Gasteiger partial charge < -0.3 is 15.3 Å². The fourth-order valence-corrected chi connectivity index (χ4v) is 2.69. The lowest BCUT2D eigenvalue weighted by Gasteiger charge is -2.33. The van der Waals surface area contributed by atoms with E-state index in [0.717, 1.165) is 0 Å². The van der Waals surface area contributed by atoms with Gasteiger partial charge in [0.25, 0.3) is 0 Å². The number of nitrogens with zero attached hydrogens (tertiary/aromatic N) is 1. The Morgan fingerprint density at radius 1 is 1.50 bits per heavy atom. The summed E-state index contributed by atoms with van der Waals surface area (Å²) in [6.07, 6.45) is 0.0276. The largest absolute Gasteiger partial charge is 0.389 e. The Balaban J connectivity index is 2.32. The molecule has 0 aromatic heterocycles. The van der Waals surface area contributed by atoms with E-state index in [1.165, 1.54) is 23.1 Å². The molecule has 0 bridgehead atoms. The second-order valence-corrected chi connectivity index (χ2v) is 6.20. The molecule has 6 heteroatoms. The van der Waals surface area contributed by atoms with Crippen molar-refractivity contribution in [3.63, 3.8) is 0 Å². The molecular weight excluding hydrogens is 287 g/mol. The van der Waals surface area contributed by atoms with Gasteiger partial charge in [-0.3, -0.25) is 9.59 Å². The summed E-state index contributed by atoms with van der Waals surface area (Å²) in [5, 5.41) is 12.5. The van der Waals surface area contributed by atoms with Gasteiger partial charge in [0.2, 0.25) is 11.8 Å². The molecule has 1 aromatic carbocycles. The summed E-state index contributed by atoms with van der Waals surface area (Å²) in [4.78, 5) is 26.1. The van der Waals surface area contributed by atoms with Crippen LogP contribution in [0.1, 0.15) is 38.7 Å². The van der Waals surface area contributed by atoms with Gasteiger partial charge in [-0.1, -0.05) is 6.07 Å². The molecule has 0 radical (unpaired) electrons. The molecule has 1 aliphatic rings. The van der Waals surface area contributed by atoms with E-state index in [-0.39, 0.29) is 24.8 Å². The lowest BCUT2D eigenvalue weighted by molar-refractivity contribution is -0.137. The van der Waals surface area contributed by atoms with Gasteiger partial charge in [-0.2, -0.15) is 0 Å². The standard InChI is InChI=1S/C16H21FN2O3/c1-4-19(9-16(2,3)22)15(21)12-8-14(20)18-13-7-10(17)5-6-11(12)13/h5-7,12,22H,4,8-9H2,1-3H3,(H,18,20). The Morgan fingerprint density at radius 2 is 2.18 bits per heavy atom. The molecule has 5 nitrogen and oxygen atoms in total. The molecule has 0 aliphatic carbocycles. The number of halogens is 1. The Bertz CT molecular complexity index is 596. The molecule has 1 atom stereocenters. The lowest BCUT2D eigenvalue weighted by Crippen LogP contribution is -2.45. The molecule has 1 heterocycles. The van der Waals surface area contributed by atoms with Gasteiger partial charge in [-0.15, -0.1) is 0 Å². The van der Waals surface area contributed by atoms with Crippen molar-refractivity contribution in [2.45, 2.75) is 38.7 Å². The zero-order valence-electron chi connectivity index (χ0n) is 13.0. The quantitative estimate of drug-likeness (QED) is 0.892. The summed E-state index contributed by atoms with van der Waals surface area (Å²) < 4.78 is 13.3. The van der Waals surface area contributed by atoms with Crippen molar-refractivity contribution in [3.05, 3.63) is 29.6 Å². The van der Waals surface area contributed by atoms with Gasteiger partial charge in [0.05, 0.1) is 11.5 Å². The van der Waals surface area contributed by atoms with Gasteiger partial charge in [-0.25, -0.2) is 4.39 Å². The summed E-state index contributed by atoms with van der Waals surface area (Å²) in [6, 6.07) is 4.03. The number of aliphatic hydroxyl groups is 1. The maximum Gasteiger partial charge on any atom is 0.230 e. The minimum atomic E-state index is -1.02. The van der Waals surface area contributed by atoms with Gasteiger partial charge in [0.15, 0.2) is 0 Å². The van der Waals surface area contributed by atoms with E-state index in [1.807, 2.05) is 6.92 Å². The molecule has 2 rings (SSSR count). The van der Waals surface area contributed by atoms with Gasteiger partial charge in [0.1, 0.15) is 5.82 Å². The highest BCUT2D eigenvalue weighted by atomic mass is 19.1. The van der Waals surface area contributed by atoms with Crippen LogP contribution in [0.4, 0.5) is 10.1 Å². The maximum absolute atomic E-state index is 13.3. The number of nitrogens with one attached hydrogen (secondary N) is 1. The van der Waals surface area contributed by atoms with Crippen molar-refractivity contribution in [2.75, 3.05) is 18.4 Å². The van der Waals surface area contributed by atoms with Crippen LogP contribution in [0, 0.1) is 5.82 Å². The molecule has 0 saturated heterocycles. The molecule has 2 N–H and O–H groups in total. The van der Waals surface area contributed by atoms with Crippen molar-refractivity contribution < 1.29 is 19.1 Å². The molecule has 2 amide bonds. The van der Waals surface area contributed by atoms with E-state index < -0.39 is 17.3 Å². The first-order chi connectivity index (χ1) is 10.2. The van der Waals surface area contributed by atoms with Gasteiger partial charge >= 0.3 is 0 Å². The number of carbonyl (C=O) groups excluding carboxylic acids is 2. The average Bonchev–Trinajstić information content (AvgIpc) is 2.41. The lowest BCUT2D eigenvalue weighted by atomic mass is 9.89. The topological polar surface area (TPSA) is 69.6 Å². The third-order valence-corrected chi connectivity index (χ3v) is 3.62. The number of hydrogen-bond donors (Lipinski definition) is 2. The number of rotatable bonds is 4. The second kappa shape index (κ2) is 6.04. The van der Waals surface area contributed by atoms with Crippen LogP contribution in [0.5, 0.6) is 0 Å². The van der Waals surface area contributed by atoms with E-state index in [4.69, 9.17) is 0 Å². The highest BCUT2D eigenvalue weighted by Crippen LogP contribution is 2.34. The second-order valence-electron chi connectivity index (χ2n) is 6.20. The fraction of sp³-hybridized carbons (Fsp3) is 0.500. The minimum absolute atomic E-state index is 0.0276. The number of fused-ring (bicyclic) bond motifs is 1. The summed E-state index contributed by atoms with van der Waals surface area (Å²) in [5.74, 6) is -1.65. The highest BCUT2D eigenvalue weighted by Gasteiger charge is 2.34. The van der Waals surface area contributed by atoms with Crippen LogP contribution in [-0.2, 0) is 9.59 Å². The fourth-order valence-electron chi connectivity index (χ4n) is 2.69. The van der Waals surface area contributed by atoms with Crippen LogP contribution in [-0.4, -0.2) is 40.5 Å². The molecular formula is C16H21FN2O3. The molecule has 0 spiro atoms. The molecule has 120 valence electrons. The van der Waals surface area contributed by atoms with Crippen molar-refractivity contribution in [2.24, 2.45) is 0 Å². The predicted molar refractivity (Wildman–Crippen MR) is 80.9 cm³/mol. The van der Waals surface area contributed by atoms with Crippen LogP contribution in [0.15, 0.2) is 18.2 Å². The van der Waals surface area contributed by atoms with Crippen LogP contribution in [0.2, 0.25) is 0 Å². The van der Waals surface area contributed by atoms with E-state index in [0.29, 0.717) is 17.8 Å². The first kappa shape index (κ1) is 16.4. The number of benzene rings is 1. The third-order valence-electron chi connectivity index (χ3n) is 3.62. The molecule has 0 fully saturated rings. The summed E-state index contributed by atoms with van der Waals surface area (Å²) >= 11 is 0. The van der Waals surface area contributed by atoms with Crippen LogP contribution >= 0.6 is 0 Å². The number of hydrogen-bond acceptors (Lipinski definition) is 3. The zero-order valence-corrected chi connectivity index (χ0v) is 13.0. The first-order valence-corrected chi connectivity index (χ1v) is 7.31. The van der Waals surface area contributed by atoms with Crippen molar-refractivity contribution in [1.82, 2.24) is 4.90 Å². The summed E-state index contributed by atoms with van der Waals surface area (Å²) in [5.41, 5.74) is -0.0667. The number of likely N-dealkylation sites (N-methyl/N-ethyl adjacent to an activating group) is 1. The van der Waals surface area contributed by atoms with E-state index in [2.05, 4.69) is 5.32 Å². The molecule has 1 aromatic rings. The summed E-state index contributed by atoms with van der Waals surface area (Å²) in [7, 11) is 0. The van der Waals surface area contributed by atoms with E-state index in [9.17, 15) is 19.1 Å². The Morgan fingerprint density at radius 3 is 2.77 bits per heavy atom. The first-order valence-electron chi connectivity index (χ1n) is 7.31. The zero-order chi connectivity index (χ0) is 16.5. The number of carbonyl (C=O) groups is 2. The Kier molecular flexibility index (Phi) is 4.51. The van der Waals surface area contributed by atoms with Gasteiger partial charge in [0, 0.05) is 25.2 Å². The van der Waals surface area contributed by atoms with Crippen molar-refractivity contribution >= 4 is 17.5 Å². The monoisotopic (exact) mass is 308 g/mol. The Hall–Kier alpha value is -1.95. The Labute approximate surface area is 129 Å². The maximum atomic E-state index is 13.3.